The summed E-state index contributed by atoms with van der Waals surface area (Å²) in [5.74, 6) is -0.148. The third-order valence-electron chi connectivity index (χ3n) is 4.60. The van der Waals surface area contributed by atoms with Crippen LogP contribution in [0.5, 0.6) is 0 Å². The lowest BCUT2D eigenvalue weighted by atomic mass is 10.1. The van der Waals surface area contributed by atoms with Crippen molar-refractivity contribution in [1.29, 1.82) is 0 Å². The van der Waals surface area contributed by atoms with Crippen LogP contribution >= 0.6 is 11.3 Å². The first-order valence-corrected chi connectivity index (χ1v) is 11.2. The van der Waals surface area contributed by atoms with Gasteiger partial charge in [0, 0.05) is 24.7 Å². The third kappa shape index (κ3) is 3.92. The molecule has 0 unspecified atom stereocenters. The van der Waals surface area contributed by atoms with Gasteiger partial charge in [-0.15, -0.1) is 11.3 Å². The molecule has 3 heterocycles. The number of sulfonamides is 1. The normalized spacial score (nSPS) is 16.7. The van der Waals surface area contributed by atoms with Gasteiger partial charge in [-0.05, 0) is 25.0 Å². The average molecular weight is 407 g/mol. The predicted octanol–water partition coefficient (Wildman–Crippen LogP) is 2.73. The molecule has 10 heteroatoms. The van der Waals surface area contributed by atoms with Crippen LogP contribution in [0, 0.1) is 5.82 Å². The summed E-state index contributed by atoms with van der Waals surface area (Å²) >= 11 is 1.49. The molecule has 3 aromatic rings. The molecule has 1 aromatic carbocycles. The monoisotopic (exact) mass is 407 g/mol. The van der Waals surface area contributed by atoms with Gasteiger partial charge in [-0.1, -0.05) is 6.07 Å². The smallest absolute Gasteiger partial charge is 0.223 e. The SMILES string of the molecule is CS(=O)(=O)N1CCC(Nc2ncc(F)c(-c3ccc4ncsc4c3)n2)CC1. The van der Waals surface area contributed by atoms with Crippen molar-refractivity contribution in [1.82, 2.24) is 19.3 Å². The van der Waals surface area contributed by atoms with Gasteiger partial charge in [0.05, 0.1) is 28.2 Å². The molecule has 0 bridgehead atoms. The number of aromatic nitrogens is 3. The number of hydrogen-bond acceptors (Lipinski definition) is 7. The average Bonchev–Trinajstić information content (AvgIpc) is 3.11. The zero-order valence-corrected chi connectivity index (χ0v) is 16.2. The largest absolute Gasteiger partial charge is 0.351 e. The summed E-state index contributed by atoms with van der Waals surface area (Å²) in [6.07, 6.45) is 3.68. The van der Waals surface area contributed by atoms with Crippen molar-refractivity contribution < 1.29 is 12.8 Å². The molecule has 1 fully saturated rings. The zero-order chi connectivity index (χ0) is 19.0. The van der Waals surface area contributed by atoms with E-state index in [4.69, 9.17) is 0 Å². The van der Waals surface area contributed by atoms with E-state index in [-0.39, 0.29) is 11.7 Å². The van der Waals surface area contributed by atoms with Crippen LogP contribution in [0.2, 0.25) is 0 Å². The molecule has 1 aliphatic heterocycles. The molecule has 2 aromatic heterocycles. The van der Waals surface area contributed by atoms with E-state index in [1.807, 2.05) is 12.1 Å². The molecule has 0 amide bonds. The van der Waals surface area contributed by atoms with Crippen LogP contribution in [0.3, 0.4) is 0 Å². The lowest BCUT2D eigenvalue weighted by Gasteiger charge is -2.30. The van der Waals surface area contributed by atoms with E-state index in [0.717, 1.165) is 16.4 Å². The maximum Gasteiger partial charge on any atom is 0.223 e. The van der Waals surface area contributed by atoms with E-state index in [2.05, 4.69) is 20.3 Å². The summed E-state index contributed by atoms with van der Waals surface area (Å²) < 4.78 is 39.9. The maximum absolute atomic E-state index is 14.3. The van der Waals surface area contributed by atoms with Gasteiger partial charge >= 0.3 is 0 Å². The number of piperidine rings is 1. The number of anilines is 1. The number of benzene rings is 1. The summed E-state index contributed by atoms with van der Waals surface area (Å²) in [6, 6.07) is 5.55. The van der Waals surface area contributed by atoms with E-state index in [0.29, 0.717) is 37.4 Å². The van der Waals surface area contributed by atoms with E-state index in [1.165, 1.54) is 21.9 Å². The number of nitrogens with zero attached hydrogens (tertiary/aromatic N) is 4. The summed E-state index contributed by atoms with van der Waals surface area (Å²) in [6.45, 7) is 0.902. The Labute approximate surface area is 160 Å². The van der Waals surface area contributed by atoms with Crippen molar-refractivity contribution in [3.8, 4) is 11.3 Å². The second-order valence-electron chi connectivity index (χ2n) is 6.51. The number of thiazole rings is 1. The standard InChI is InChI=1S/C17H18FN5O2S2/c1-27(24,25)23-6-4-12(5-7-23)21-17-19-9-13(18)16(22-17)11-2-3-14-15(8-11)26-10-20-14/h2-3,8-10,12H,4-7H2,1H3,(H,19,21,22). The molecule has 0 atom stereocenters. The molecular weight excluding hydrogens is 389 g/mol. The van der Waals surface area contributed by atoms with Crippen LogP contribution in [-0.4, -0.2) is 53.1 Å². The first kappa shape index (κ1) is 18.2. The Kier molecular flexibility index (Phi) is 4.79. The summed E-state index contributed by atoms with van der Waals surface area (Å²) in [7, 11) is -3.16. The van der Waals surface area contributed by atoms with Gasteiger partial charge < -0.3 is 5.32 Å². The highest BCUT2D eigenvalue weighted by Crippen LogP contribution is 2.27. The van der Waals surface area contributed by atoms with Crippen molar-refractivity contribution in [2.45, 2.75) is 18.9 Å². The van der Waals surface area contributed by atoms with E-state index in [1.54, 1.807) is 11.6 Å². The number of rotatable bonds is 4. The first-order chi connectivity index (χ1) is 12.9. The summed E-state index contributed by atoms with van der Waals surface area (Å²) in [5.41, 5.74) is 3.52. The Morgan fingerprint density at radius 3 is 2.78 bits per heavy atom. The summed E-state index contributed by atoms with van der Waals surface area (Å²) in [4.78, 5) is 12.6. The molecule has 7 nitrogen and oxygen atoms in total. The highest BCUT2D eigenvalue weighted by molar-refractivity contribution is 7.88. The minimum Gasteiger partial charge on any atom is -0.351 e. The van der Waals surface area contributed by atoms with Crippen molar-refractivity contribution in [3.63, 3.8) is 0 Å². The minimum absolute atomic E-state index is 0.0466. The van der Waals surface area contributed by atoms with Gasteiger partial charge in [0.2, 0.25) is 16.0 Å². The molecule has 0 aliphatic carbocycles. The van der Waals surface area contributed by atoms with Crippen LogP contribution in [0.15, 0.2) is 29.9 Å². The number of halogens is 1. The topological polar surface area (TPSA) is 88.1 Å². The third-order valence-corrected chi connectivity index (χ3v) is 6.70. The molecule has 4 rings (SSSR count). The fraction of sp³-hybridized carbons (Fsp3) is 0.353. The first-order valence-electron chi connectivity index (χ1n) is 8.48. The molecule has 0 radical (unpaired) electrons. The van der Waals surface area contributed by atoms with Crippen LogP contribution in [0.4, 0.5) is 10.3 Å². The highest BCUT2D eigenvalue weighted by Gasteiger charge is 2.25. The number of fused-ring (bicyclic) bond motifs is 1. The minimum atomic E-state index is -3.16. The molecule has 142 valence electrons. The van der Waals surface area contributed by atoms with Crippen molar-refractivity contribution >= 4 is 37.5 Å². The number of nitrogens with one attached hydrogen (secondary N) is 1. The Balaban J connectivity index is 1.53. The quantitative estimate of drug-likeness (QED) is 0.715. The van der Waals surface area contributed by atoms with E-state index in [9.17, 15) is 12.8 Å². The number of hydrogen-bond donors (Lipinski definition) is 1. The molecule has 1 N–H and O–H groups in total. The molecule has 0 saturated carbocycles. The molecule has 27 heavy (non-hydrogen) atoms. The van der Waals surface area contributed by atoms with Crippen molar-refractivity contribution in [2.75, 3.05) is 24.7 Å². The second kappa shape index (κ2) is 7.10. The van der Waals surface area contributed by atoms with E-state index >= 15 is 0 Å². The van der Waals surface area contributed by atoms with E-state index < -0.39 is 15.8 Å². The van der Waals surface area contributed by atoms with Crippen LogP contribution in [-0.2, 0) is 10.0 Å². The Morgan fingerprint density at radius 2 is 2.04 bits per heavy atom. The van der Waals surface area contributed by atoms with Crippen molar-refractivity contribution in [2.24, 2.45) is 0 Å². The lowest BCUT2D eigenvalue weighted by Crippen LogP contribution is -2.42. The van der Waals surface area contributed by atoms with Crippen molar-refractivity contribution in [3.05, 3.63) is 35.7 Å². The molecular formula is C17H18FN5O2S2. The van der Waals surface area contributed by atoms with Gasteiger partial charge in [-0.2, -0.15) is 0 Å². The Bertz CT molecular complexity index is 1080. The van der Waals surface area contributed by atoms with Gasteiger partial charge in [0.1, 0.15) is 5.69 Å². The molecule has 1 saturated heterocycles. The van der Waals surface area contributed by atoms with Gasteiger partial charge in [0.15, 0.2) is 5.82 Å². The summed E-state index contributed by atoms with van der Waals surface area (Å²) in [5, 5.41) is 3.20. The predicted molar refractivity (Wildman–Crippen MR) is 104 cm³/mol. The van der Waals surface area contributed by atoms with Gasteiger partial charge in [-0.3, -0.25) is 0 Å². The fourth-order valence-corrected chi connectivity index (χ4v) is 4.75. The Morgan fingerprint density at radius 1 is 1.26 bits per heavy atom. The maximum atomic E-state index is 14.3. The van der Waals surface area contributed by atoms with Crippen LogP contribution in [0.25, 0.3) is 21.5 Å². The highest BCUT2D eigenvalue weighted by atomic mass is 32.2. The Hall–Kier alpha value is -2.17. The van der Waals surface area contributed by atoms with Crippen LogP contribution < -0.4 is 5.32 Å². The second-order valence-corrected chi connectivity index (χ2v) is 9.37. The molecule has 0 spiro atoms. The van der Waals surface area contributed by atoms with Crippen LogP contribution in [0.1, 0.15) is 12.8 Å². The van der Waals surface area contributed by atoms with Gasteiger partial charge in [-0.25, -0.2) is 32.1 Å². The fourth-order valence-electron chi connectivity index (χ4n) is 3.16. The zero-order valence-electron chi connectivity index (χ0n) is 14.6. The lowest BCUT2D eigenvalue weighted by molar-refractivity contribution is 0.331. The molecule has 1 aliphatic rings. The van der Waals surface area contributed by atoms with Gasteiger partial charge in [0.25, 0.3) is 0 Å².